The van der Waals surface area contributed by atoms with Gasteiger partial charge in [-0.05, 0) is 19.3 Å². The lowest BCUT2D eigenvalue weighted by Gasteiger charge is -2.17. The van der Waals surface area contributed by atoms with Gasteiger partial charge in [-0.2, -0.15) is 0 Å². The van der Waals surface area contributed by atoms with E-state index in [0.29, 0.717) is 0 Å². The molecule has 1 atom stereocenters. The quantitative estimate of drug-likeness (QED) is 0.594. The maximum absolute atomic E-state index is 12.9. The normalized spacial score (nSPS) is 29.2. The van der Waals surface area contributed by atoms with E-state index >= 15 is 0 Å². The molecule has 1 aliphatic carbocycles. The summed E-state index contributed by atoms with van der Waals surface area (Å²) < 4.78 is 25.9. The van der Waals surface area contributed by atoms with Crippen molar-refractivity contribution < 1.29 is 8.78 Å². The van der Waals surface area contributed by atoms with Gasteiger partial charge in [0.05, 0.1) is 0 Å². The summed E-state index contributed by atoms with van der Waals surface area (Å²) in [6, 6.07) is 0. The molecule has 0 bridgehead atoms. The molecule has 0 aromatic carbocycles. The van der Waals surface area contributed by atoms with Crippen LogP contribution in [0.5, 0.6) is 0 Å². The van der Waals surface area contributed by atoms with Crippen LogP contribution in [0.25, 0.3) is 0 Å². The first-order valence-corrected chi connectivity index (χ1v) is 4.54. The summed E-state index contributed by atoms with van der Waals surface area (Å²) in [4.78, 5) is 0. The predicted octanol–water partition coefficient (Wildman–Crippen LogP) is 3.61. The lowest BCUT2D eigenvalue weighted by atomic mass is 9.98. The maximum atomic E-state index is 12.9. The van der Waals surface area contributed by atoms with Gasteiger partial charge >= 0.3 is 0 Å². The van der Waals surface area contributed by atoms with Crippen LogP contribution in [-0.4, -0.2) is 5.92 Å². The van der Waals surface area contributed by atoms with E-state index in [2.05, 4.69) is 0 Å². The van der Waals surface area contributed by atoms with Crippen molar-refractivity contribution >= 4 is 0 Å². The molecule has 0 aromatic rings. The Balaban J connectivity index is 2.32. The maximum Gasteiger partial charge on any atom is 0.250 e. The van der Waals surface area contributed by atoms with Crippen molar-refractivity contribution in [3.05, 3.63) is 0 Å². The van der Waals surface area contributed by atoms with Crippen LogP contribution < -0.4 is 0 Å². The van der Waals surface area contributed by atoms with E-state index in [0.717, 1.165) is 32.1 Å². The third kappa shape index (κ3) is 2.14. The highest BCUT2D eigenvalue weighted by molar-refractivity contribution is 4.83. The van der Waals surface area contributed by atoms with Crippen molar-refractivity contribution in [2.75, 3.05) is 0 Å². The number of unbranched alkanes of at least 4 members (excludes halogenated alkanes) is 1. The van der Waals surface area contributed by atoms with Crippen molar-refractivity contribution in [2.24, 2.45) is 5.92 Å². The van der Waals surface area contributed by atoms with Gasteiger partial charge in [0, 0.05) is 12.3 Å². The van der Waals surface area contributed by atoms with Gasteiger partial charge in [-0.1, -0.05) is 19.8 Å². The summed E-state index contributed by atoms with van der Waals surface area (Å²) in [6.45, 7) is 2.05. The second-order valence-corrected chi connectivity index (χ2v) is 3.49. The van der Waals surface area contributed by atoms with E-state index in [4.69, 9.17) is 0 Å². The van der Waals surface area contributed by atoms with Crippen molar-refractivity contribution in [3.8, 4) is 0 Å². The molecule has 0 aliphatic heterocycles. The Morgan fingerprint density at radius 1 is 1.45 bits per heavy atom. The Kier molecular flexibility index (Phi) is 2.85. The molecule has 0 radical (unpaired) electrons. The largest absolute Gasteiger partial charge is 0.250 e. The van der Waals surface area contributed by atoms with Gasteiger partial charge in [0.1, 0.15) is 0 Å². The predicted molar refractivity (Wildman–Crippen MR) is 41.8 cm³/mol. The van der Waals surface area contributed by atoms with Crippen LogP contribution in [-0.2, 0) is 0 Å². The third-order valence-corrected chi connectivity index (χ3v) is 2.57. The Hall–Kier alpha value is -0.140. The molecule has 11 heavy (non-hydrogen) atoms. The zero-order valence-electron chi connectivity index (χ0n) is 7.08. The van der Waals surface area contributed by atoms with Crippen LogP contribution in [0.1, 0.15) is 45.4 Å². The second kappa shape index (κ2) is 3.51. The first kappa shape index (κ1) is 8.95. The molecule has 0 N–H and O–H groups in total. The Bertz CT molecular complexity index is 121. The van der Waals surface area contributed by atoms with Gasteiger partial charge in [0.25, 0.3) is 5.92 Å². The molecule has 1 saturated carbocycles. The van der Waals surface area contributed by atoms with Crippen LogP contribution in [0, 0.1) is 5.92 Å². The van der Waals surface area contributed by atoms with E-state index in [9.17, 15) is 8.78 Å². The van der Waals surface area contributed by atoms with Gasteiger partial charge in [0.15, 0.2) is 0 Å². The van der Waals surface area contributed by atoms with E-state index in [1.54, 1.807) is 0 Å². The Morgan fingerprint density at radius 3 is 2.64 bits per heavy atom. The molecule has 2 heteroatoms. The van der Waals surface area contributed by atoms with Crippen LogP contribution in [0.15, 0.2) is 0 Å². The summed E-state index contributed by atoms with van der Waals surface area (Å²) in [5, 5.41) is 0. The number of alkyl halides is 2. The molecule has 0 spiro atoms. The molecule has 1 aliphatic rings. The van der Waals surface area contributed by atoms with E-state index in [1.807, 2.05) is 6.92 Å². The number of rotatable bonds is 3. The second-order valence-electron chi connectivity index (χ2n) is 3.49. The van der Waals surface area contributed by atoms with E-state index in [1.165, 1.54) is 0 Å². The SMILES string of the molecule is CCCCC1CCCC1(F)F. The molecular weight excluding hydrogens is 146 g/mol. The molecule has 0 nitrogen and oxygen atoms in total. The lowest BCUT2D eigenvalue weighted by molar-refractivity contribution is -0.0399. The van der Waals surface area contributed by atoms with Gasteiger partial charge in [-0.25, -0.2) is 8.78 Å². The van der Waals surface area contributed by atoms with Crippen molar-refractivity contribution in [3.63, 3.8) is 0 Å². The summed E-state index contributed by atoms with van der Waals surface area (Å²) in [7, 11) is 0. The smallest absolute Gasteiger partial charge is 0.207 e. The van der Waals surface area contributed by atoms with Gasteiger partial charge < -0.3 is 0 Å². The molecule has 1 fully saturated rings. The summed E-state index contributed by atoms with van der Waals surface area (Å²) in [5.74, 6) is -2.64. The minimum absolute atomic E-state index is 0.126. The number of halogens is 2. The van der Waals surface area contributed by atoms with Crippen molar-refractivity contribution in [2.45, 2.75) is 51.4 Å². The van der Waals surface area contributed by atoms with E-state index < -0.39 is 5.92 Å². The molecule has 1 unspecified atom stereocenters. The molecule has 0 aromatic heterocycles. The van der Waals surface area contributed by atoms with Gasteiger partial charge in [-0.15, -0.1) is 0 Å². The number of hydrogen-bond acceptors (Lipinski definition) is 0. The first-order chi connectivity index (χ1) is 5.17. The van der Waals surface area contributed by atoms with Crippen LogP contribution in [0.2, 0.25) is 0 Å². The fraction of sp³-hybridized carbons (Fsp3) is 1.00. The molecule has 1 rings (SSSR count). The fourth-order valence-electron chi connectivity index (χ4n) is 1.81. The van der Waals surface area contributed by atoms with Crippen molar-refractivity contribution in [1.82, 2.24) is 0 Å². The van der Waals surface area contributed by atoms with Crippen LogP contribution in [0.4, 0.5) is 8.78 Å². The van der Waals surface area contributed by atoms with Crippen LogP contribution in [0.3, 0.4) is 0 Å². The average molecular weight is 162 g/mol. The zero-order chi connectivity index (χ0) is 8.32. The molecule has 66 valence electrons. The highest BCUT2D eigenvalue weighted by Gasteiger charge is 2.42. The highest BCUT2D eigenvalue weighted by Crippen LogP contribution is 2.42. The van der Waals surface area contributed by atoms with E-state index in [-0.39, 0.29) is 12.3 Å². The molecule has 0 amide bonds. The van der Waals surface area contributed by atoms with Gasteiger partial charge in [-0.3, -0.25) is 0 Å². The minimum Gasteiger partial charge on any atom is -0.207 e. The number of hydrogen-bond donors (Lipinski definition) is 0. The molecular formula is C9H16F2. The average Bonchev–Trinajstić information content (AvgIpc) is 2.25. The lowest BCUT2D eigenvalue weighted by Crippen LogP contribution is -2.21. The topological polar surface area (TPSA) is 0 Å². The monoisotopic (exact) mass is 162 g/mol. The highest BCUT2D eigenvalue weighted by atomic mass is 19.3. The fourth-order valence-corrected chi connectivity index (χ4v) is 1.81. The van der Waals surface area contributed by atoms with Crippen LogP contribution >= 0.6 is 0 Å². The Morgan fingerprint density at radius 2 is 2.18 bits per heavy atom. The summed E-state index contributed by atoms with van der Waals surface area (Å²) >= 11 is 0. The molecule has 0 saturated heterocycles. The zero-order valence-corrected chi connectivity index (χ0v) is 7.08. The van der Waals surface area contributed by atoms with Gasteiger partial charge in [0.2, 0.25) is 0 Å². The summed E-state index contributed by atoms with van der Waals surface area (Å²) in [5.41, 5.74) is 0. The molecule has 0 heterocycles. The third-order valence-electron chi connectivity index (χ3n) is 2.57. The van der Waals surface area contributed by atoms with Crippen molar-refractivity contribution in [1.29, 1.82) is 0 Å². The summed E-state index contributed by atoms with van der Waals surface area (Å²) in [6.07, 6.45) is 4.31. The Labute approximate surface area is 67.0 Å². The standard InChI is InChI=1S/C9H16F2/c1-2-3-5-8-6-4-7-9(8,10)11/h8H,2-7H2,1H3. The first-order valence-electron chi connectivity index (χ1n) is 4.54. The minimum atomic E-state index is -2.34.